The van der Waals surface area contributed by atoms with Crippen molar-refractivity contribution >= 4 is 11.7 Å². The fourth-order valence-corrected chi connectivity index (χ4v) is 3.81. The van der Waals surface area contributed by atoms with Gasteiger partial charge in [0.25, 0.3) is 5.91 Å². The van der Waals surface area contributed by atoms with Crippen LogP contribution in [0.1, 0.15) is 68.3 Å². The molecule has 0 saturated heterocycles. The lowest BCUT2D eigenvalue weighted by Crippen LogP contribution is -2.27. The molecule has 0 radical (unpaired) electrons. The number of amides is 1. The van der Waals surface area contributed by atoms with Crippen LogP contribution in [0.2, 0.25) is 0 Å². The summed E-state index contributed by atoms with van der Waals surface area (Å²) in [6.07, 6.45) is 4.03. The van der Waals surface area contributed by atoms with Crippen LogP contribution in [0.4, 0.5) is 0 Å². The Hall–Kier alpha value is -2.14. The Morgan fingerprint density at radius 2 is 1.72 bits per heavy atom. The predicted molar refractivity (Wildman–Crippen MR) is 115 cm³/mol. The van der Waals surface area contributed by atoms with Crippen molar-refractivity contribution in [2.45, 2.75) is 52.4 Å². The summed E-state index contributed by atoms with van der Waals surface area (Å²) in [5.41, 5.74) is 1.92. The molecule has 1 aliphatic rings. The minimum atomic E-state index is -0.0930. The number of allylic oxidation sites excluding steroid dienone is 1. The van der Waals surface area contributed by atoms with Crippen molar-refractivity contribution < 1.29 is 19.1 Å². The molecule has 1 amide bonds. The van der Waals surface area contributed by atoms with Crippen LogP contribution >= 0.6 is 0 Å². The van der Waals surface area contributed by atoms with Gasteiger partial charge < -0.3 is 14.8 Å². The van der Waals surface area contributed by atoms with E-state index in [4.69, 9.17) is 9.47 Å². The van der Waals surface area contributed by atoms with E-state index in [9.17, 15) is 9.59 Å². The molecule has 1 aliphatic carbocycles. The molecular formula is C24H35NO4. The van der Waals surface area contributed by atoms with Gasteiger partial charge in [-0.05, 0) is 56.2 Å². The third-order valence-electron chi connectivity index (χ3n) is 5.45. The van der Waals surface area contributed by atoms with Crippen LogP contribution in [0, 0.1) is 11.8 Å². The quantitative estimate of drug-likeness (QED) is 0.438. The number of benzene rings is 1. The van der Waals surface area contributed by atoms with Gasteiger partial charge in [0.05, 0.1) is 19.0 Å². The molecule has 29 heavy (non-hydrogen) atoms. The molecule has 0 aromatic heterocycles. The average Bonchev–Trinajstić information content (AvgIpc) is 2.72. The van der Waals surface area contributed by atoms with Gasteiger partial charge in [0.1, 0.15) is 12.4 Å². The van der Waals surface area contributed by atoms with Crippen molar-refractivity contribution in [2.75, 3.05) is 26.4 Å². The van der Waals surface area contributed by atoms with E-state index in [0.717, 1.165) is 25.7 Å². The van der Waals surface area contributed by atoms with Crippen LogP contribution in [0.3, 0.4) is 0 Å². The fraction of sp³-hybridized carbons (Fsp3) is 0.583. The molecule has 1 saturated carbocycles. The zero-order chi connectivity index (χ0) is 21.2. The summed E-state index contributed by atoms with van der Waals surface area (Å²) in [6.45, 7) is 11.3. The molecule has 5 heteroatoms. The molecule has 2 rings (SSSR count). The average molecular weight is 402 g/mol. The summed E-state index contributed by atoms with van der Waals surface area (Å²) in [5.74, 6) is 1.82. The fourth-order valence-electron chi connectivity index (χ4n) is 3.81. The van der Waals surface area contributed by atoms with Crippen molar-refractivity contribution in [3.05, 3.63) is 47.7 Å². The van der Waals surface area contributed by atoms with Gasteiger partial charge >= 0.3 is 0 Å². The molecule has 1 aromatic rings. The molecule has 1 aromatic carbocycles. The van der Waals surface area contributed by atoms with Crippen LogP contribution in [0.25, 0.3) is 0 Å². The van der Waals surface area contributed by atoms with Gasteiger partial charge in [-0.25, -0.2) is 0 Å². The maximum atomic E-state index is 12.3. The Labute approximate surface area is 174 Å². The summed E-state index contributed by atoms with van der Waals surface area (Å²) in [7, 11) is 0. The first-order chi connectivity index (χ1) is 13.9. The standard InChI is InChI=1S/C24H35NO4/c1-17(2)23(26)21-9-5-19(6-10-21)20-7-11-22(12-8-20)24(27)25-13-14-28-15-16-29-18(3)4/h7-8,11-12,17,19,21H,3,5-6,9-10,13-16H2,1-2,4H3,(H,25,27). The molecule has 160 valence electrons. The Balaban J connectivity index is 1.71. The van der Waals surface area contributed by atoms with Gasteiger partial charge in [0, 0.05) is 23.9 Å². The molecule has 1 N–H and O–H groups in total. The first-order valence-electron chi connectivity index (χ1n) is 10.7. The molecular weight excluding hydrogens is 366 g/mol. The topological polar surface area (TPSA) is 64.6 Å². The van der Waals surface area contributed by atoms with Gasteiger partial charge in [-0.3, -0.25) is 9.59 Å². The molecule has 0 bridgehead atoms. The second-order valence-corrected chi connectivity index (χ2v) is 8.15. The number of hydrogen-bond acceptors (Lipinski definition) is 4. The number of hydrogen-bond donors (Lipinski definition) is 1. The Kier molecular flexibility index (Phi) is 9.39. The maximum absolute atomic E-state index is 12.3. The van der Waals surface area contributed by atoms with E-state index in [1.807, 2.05) is 26.0 Å². The Morgan fingerprint density at radius 1 is 1.07 bits per heavy atom. The first-order valence-corrected chi connectivity index (χ1v) is 10.7. The van der Waals surface area contributed by atoms with Gasteiger partial charge in [-0.2, -0.15) is 0 Å². The van der Waals surface area contributed by atoms with Crippen molar-refractivity contribution in [3.63, 3.8) is 0 Å². The highest BCUT2D eigenvalue weighted by Gasteiger charge is 2.28. The van der Waals surface area contributed by atoms with E-state index in [0.29, 0.717) is 49.4 Å². The lowest BCUT2D eigenvalue weighted by Gasteiger charge is -2.29. The molecule has 0 unspecified atom stereocenters. The monoisotopic (exact) mass is 401 g/mol. The molecule has 1 fully saturated rings. The van der Waals surface area contributed by atoms with E-state index in [1.165, 1.54) is 5.56 Å². The highest BCUT2D eigenvalue weighted by atomic mass is 16.5. The number of rotatable bonds is 11. The molecule has 0 heterocycles. The van der Waals surface area contributed by atoms with E-state index in [1.54, 1.807) is 6.92 Å². The summed E-state index contributed by atoms with van der Waals surface area (Å²) < 4.78 is 10.6. The number of Topliss-reactive ketones (excluding diaryl/α,β-unsaturated/α-hetero) is 1. The maximum Gasteiger partial charge on any atom is 0.251 e. The number of nitrogens with one attached hydrogen (secondary N) is 1. The summed E-state index contributed by atoms with van der Waals surface area (Å²) in [6, 6.07) is 7.88. The van der Waals surface area contributed by atoms with Crippen molar-refractivity contribution in [1.82, 2.24) is 5.32 Å². The van der Waals surface area contributed by atoms with Crippen LogP contribution in [0.5, 0.6) is 0 Å². The van der Waals surface area contributed by atoms with Gasteiger partial charge in [0.15, 0.2) is 0 Å². The second kappa shape index (κ2) is 11.8. The Bertz CT molecular complexity index is 673. The minimum Gasteiger partial charge on any atom is -0.496 e. The van der Waals surface area contributed by atoms with Gasteiger partial charge in [-0.15, -0.1) is 0 Å². The van der Waals surface area contributed by atoms with E-state index >= 15 is 0 Å². The van der Waals surface area contributed by atoms with E-state index in [2.05, 4.69) is 24.0 Å². The van der Waals surface area contributed by atoms with Crippen molar-refractivity contribution in [1.29, 1.82) is 0 Å². The normalized spacial score (nSPS) is 19.0. The molecule has 5 nitrogen and oxygen atoms in total. The van der Waals surface area contributed by atoms with E-state index in [-0.39, 0.29) is 17.7 Å². The molecule has 0 atom stereocenters. The number of carbonyl (C=O) groups excluding carboxylic acids is 2. The first kappa shape index (κ1) is 23.1. The van der Waals surface area contributed by atoms with Crippen molar-refractivity contribution in [2.24, 2.45) is 11.8 Å². The zero-order valence-corrected chi connectivity index (χ0v) is 18.0. The lowest BCUT2D eigenvalue weighted by atomic mass is 9.75. The van der Waals surface area contributed by atoms with Crippen LogP contribution in [-0.2, 0) is 14.3 Å². The smallest absolute Gasteiger partial charge is 0.251 e. The molecule has 0 spiro atoms. The summed E-state index contributed by atoms with van der Waals surface area (Å²) >= 11 is 0. The third kappa shape index (κ3) is 7.65. The number of ketones is 1. The van der Waals surface area contributed by atoms with Crippen LogP contribution < -0.4 is 5.32 Å². The zero-order valence-electron chi connectivity index (χ0n) is 18.0. The van der Waals surface area contributed by atoms with E-state index < -0.39 is 0 Å². The second-order valence-electron chi connectivity index (χ2n) is 8.15. The van der Waals surface area contributed by atoms with Gasteiger partial charge in [0.2, 0.25) is 0 Å². The summed E-state index contributed by atoms with van der Waals surface area (Å²) in [4.78, 5) is 24.4. The lowest BCUT2D eigenvalue weighted by molar-refractivity contribution is -0.126. The Morgan fingerprint density at radius 3 is 2.31 bits per heavy atom. The third-order valence-corrected chi connectivity index (χ3v) is 5.45. The number of ether oxygens (including phenoxy) is 2. The van der Waals surface area contributed by atoms with Crippen molar-refractivity contribution in [3.8, 4) is 0 Å². The van der Waals surface area contributed by atoms with Gasteiger partial charge in [-0.1, -0.05) is 32.6 Å². The summed E-state index contributed by atoms with van der Waals surface area (Å²) in [5, 5.41) is 2.87. The minimum absolute atomic E-state index is 0.0930. The van der Waals surface area contributed by atoms with Crippen LogP contribution in [-0.4, -0.2) is 38.1 Å². The van der Waals surface area contributed by atoms with Crippen LogP contribution in [0.15, 0.2) is 36.6 Å². The molecule has 0 aliphatic heterocycles. The largest absolute Gasteiger partial charge is 0.496 e. The highest BCUT2D eigenvalue weighted by Crippen LogP contribution is 2.37. The SMILES string of the molecule is C=C(C)OCCOCCNC(=O)c1ccc(C2CCC(C(=O)C(C)C)CC2)cc1. The predicted octanol–water partition coefficient (Wildman–Crippen LogP) is 4.48. The number of carbonyl (C=O) groups is 2. The highest BCUT2D eigenvalue weighted by molar-refractivity contribution is 5.94.